The van der Waals surface area contributed by atoms with Gasteiger partial charge in [0.1, 0.15) is 0 Å². The number of methoxy groups -OCH3 is 3. The Morgan fingerprint density at radius 2 is 1.68 bits per heavy atom. The minimum absolute atomic E-state index is 0.0376. The largest absolute Gasteiger partial charge is 0.493 e. The van der Waals surface area contributed by atoms with Crippen molar-refractivity contribution in [2.75, 3.05) is 32.0 Å². The molecule has 180 valence electrons. The van der Waals surface area contributed by atoms with Gasteiger partial charge < -0.3 is 23.5 Å². The van der Waals surface area contributed by atoms with Crippen LogP contribution in [-0.4, -0.2) is 49.2 Å². The van der Waals surface area contributed by atoms with Crippen LogP contribution < -0.4 is 19.1 Å². The van der Waals surface area contributed by atoms with E-state index in [0.717, 1.165) is 31.4 Å². The molecule has 1 fully saturated rings. The number of carbonyl (C=O) groups excluding carboxylic acids is 1. The summed E-state index contributed by atoms with van der Waals surface area (Å²) in [5.41, 5.74) is 1.57. The van der Waals surface area contributed by atoms with E-state index in [1.54, 1.807) is 33.5 Å². The van der Waals surface area contributed by atoms with Crippen molar-refractivity contribution >= 4 is 23.4 Å². The molecule has 8 nitrogen and oxygen atoms in total. The number of hydrogen-bond donors (Lipinski definition) is 0. The zero-order chi connectivity index (χ0) is 23.9. The molecule has 3 aromatic rings. The number of amides is 1. The van der Waals surface area contributed by atoms with Crippen LogP contribution in [-0.2, 0) is 4.79 Å². The molecule has 0 unspecified atom stereocenters. The van der Waals surface area contributed by atoms with E-state index in [9.17, 15) is 4.79 Å². The molecule has 34 heavy (non-hydrogen) atoms. The molecular formula is C25H29N3O5S. The maximum Gasteiger partial charge on any atom is 0.277 e. The summed E-state index contributed by atoms with van der Waals surface area (Å²) in [6.07, 6.45) is 5.58. The van der Waals surface area contributed by atoms with Gasteiger partial charge in [-0.25, -0.2) is 0 Å². The summed E-state index contributed by atoms with van der Waals surface area (Å²) in [4.78, 5) is 15.2. The fraction of sp³-hybridized carbons (Fsp3) is 0.400. The zero-order valence-corrected chi connectivity index (χ0v) is 20.5. The Morgan fingerprint density at radius 3 is 2.29 bits per heavy atom. The van der Waals surface area contributed by atoms with Crippen LogP contribution in [0.1, 0.15) is 32.1 Å². The molecule has 0 N–H and O–H groups in total. The highest BCUT2D eigenvalue weighted by Gasteiger charge is 2.27. The molecule has 0 radical (unpaired) electrons. The molecule has 1 aromatic heterocycles. The molecule has 1 aliphatic rings. The van der Waals surface area contributed by atoms with Crippen LogP contribution in [0.15, 0.2) is 52.1 Å². The summed E-state index contributed by atoms with van der Waals surface area (Å²) in [6.45, 7) is 0. The lowest BCUT2D eigenvalue weighted by molar-refractivity contribution is -0.116. The van der Waals surface area contributed by atoms with Gasteiger partial charge in [-0.15, -0.1) is 10.2 Å². The van der Waals surface area contributed by atoms with E-state index >= 15 is 0 Å². The molecule has 4 rings (SSSR count). The number of aromatic nitrogens is 2. The molecule has 0 atom stereocenters. The Morgan fingerprint density at radius 1 is 1.00 bits per heavy atom. The molecule has 2 aromatic carbocycles. The predicted octanol–water partition coefficient (Wildman–Crippen LogP) is 5.22. The lowest BCUT2D eigenvalue weighted by atomic mass is 9.93. The van der Waals surface area contributed by atoms with Crippen molar-refractivity contribution in [2.45, 2.75) is 43.4 Å². The Labute approximate surface area is 203 Å². The first-order chi connectivity index (χ1) is 16.6. The van der Waals surface area contributed by atoms with Gasteiger partial charge in [0.05, 0.1) is 27.1 Å². The first-order valence-corrected chi connectivity index (χ1v) is 12.3. The quantitative estimate of drug-likeness (QED) is 0.383. The fourth-order valence-electron chi connectivity index (χ4n) is 4.27. The average molecular weight is 484 g/mol. The minimum atomic E-state index is 0.0376. The second-order valence-electron chi connectivity index (χ2n) is 7.97. The van der Waals surface area contributed by atoms with Crippen molar-refractivity contribution in [2.24, 2.45) is 0 Å². The normalized spacial score (nSPS) is 14.0. The molecule has 0 aliphatic heterocycles. The van der Waals surface area contributed by atoms with Gasteiger partial charge in [-0.1, -0.05) is 49.2 Å². The van der Waals surface area contributed by atoms with E-state index in [0.29, 0.717) is 33.9 Å². The third-order valence-electron chi connectivity index (χ3n) is 5.88. The van der Waals surface area contributed by atoms with Gasteiger partial charge in [0.15, 0.2) is 11.5 Å². The third-order valence-corrected chi connectivity index (χ3v) is 6.68. The fourth-order valence-corrected chi connectivity index (χ4v) is 4.89. The number of ether oxygens (including phenoxy) is 3. The predicted molar refractivity (Wildman–Crippen MR) is 131 cm³/mol. The minimum Gasteiger partial charge on any atom is -0.493 e. The maximum absolute atomic E-state index is 13.3. The van der Waals surface area contributed by atoms with Crippen LogP contribution in [0, 0.1) is 0 Å². The number of carbonyl (C=O) groups is 1. The van der Waals surface area contributed by atoms with Gasteiger partial charge in [-0.05, 0) is 37.1 Å². The maximum atomic E-state index is 13.3. The monoisotopic (exact) mass is 483 g/mol. The third kappa shape index (κ3) is 5.30. The van der Waals surface area contributed by atoms with Crippen molar-refractivity contribution < 1.29 is 23.4 Å². The second kappa shape index (κ2) is 11.3. The molecule has 0 bridgehead atoms. The molecule has 0 saturated heterocycles. The topological polar surface area (TPSA) is 86.9 Å². The van der Waals surface area contributed by atoms with Crippen LogP contribution in [0.5, 0.6) is 17.2 Å². The van der Waals surface area contributed by atoms with Gasteiger partial charge in [0.25, 0.3) is 5.22 Å². The first-order valence-electron chi connectivity index (χ1n) is 11.3. The number of hydrogen-bond acceptors (Lipinski definition) is 8. The Bertz CT molecular complexity index is 1070. The highest BCUT2D eigenvalue weighted by molar-refractivity contribution is 7.99. The van der Waals surface area contributed by atoms with Crippen molar-refractivity contribution in [3.8, 4) is 28.7 Å². The van der Waals surface area contributed by atoms with E-state index in [4.69, 9.17) is 18.6 Å². The summed E-state index contributed by atoms with van der Waals surface area (Å²) >= 11 is 1.24. The molecular weight excluding hydrogens is 454 g/mol. The van der Waals surface area contributed by atoms with Crippen molar-refractivity contribution in [1.29, 1.82) is 0 Å². The highest BCUT2D eigenvalue weighted by Crippen LogP contribution is 2.41. The Kier molecular flexibility index (Phi) is 7.95. The second-order valence-corrected chi connectivity index (χ2v) is 8.89. The molecule has 9 heteroatoms. The standard InChI is InChI=1S/C25H29N3O5S/c1-30-20-14-17(15-21(31-2)23(20)32-3)24-26-27-25(33-24)34-16-22(29)28(18-10-6-4-7-11-18)19-12-8-5-9-13-19/h4,6-7,10-11,14-15,19H,5,8-9,12-13,16H2,1-3H3. The van der Waals surface area contributed by atoms with Crippen LogP contribution in [0.3, 0.4) is 0 Å². The van der Waals surface area contributed by atoms with E-state index in [1.165, 1.54) is 18.2 Å². The Balaban J connectivity index is 1.49. The van der Waals surface area contributed by atoms with E-state index < -0.39 is 0 Å². The Hall–Kier alpha value is -3.20. The van der Waals surface area contributed by atoms with Crippen molar-refractivity contribution in [1.82, 2.24) is 10.2 Å². The number of thioether (sulfide) groups is 1. The van der Waals surface area contributed by atoms with E-state index in [2.05, 4.69) is 10.2 Å². The lowest BCUT2D eigenvalue weighted by Gasteiger charge is -2.34. The number of anilines is 1. The molecule has 0 spiro atoms. The first kappa shape index (κ1) is 23.9. The summed E-state index contributed by atoms with van der Waals surface area (Å²) in [6, 6.07) is 13.6. The highest BCUT2D eigenvalue weighted by atomic mass is 32.2. The van der Waals surface area contributed by atoms with Crippen molar-refractivity contribution in [3.63, 3.8) is 0 Å². The van der Waals surface area contributed by atoms with Crippen LogP contribution >= 0.6 is 11.8 Å². The van der Waals surface area contributed by atoms with Gasteiger partial charge in [-0.3, -0.25) is 4.79 Å². The van der Waals surface area contributed by atoms with Gasteiger partial charge in [0, 0.05) is 17.3 Å². The van der Waals surface area contributed by atoms with E-state index in [-0.39, 0.29) is 17.7 Å². The van der Waals surface area contributed by atoms with E-state index in [1.807, 2.05) is 35.2 Å². The number of benzene rings is 2. The molecule has 1 heterocycles. The summed E-state index contributed by atoms with van der Waals surface area (Å²) in [5, 5.41) is 8.60. The zero-order valence-electron chi connectivity index (χ0n) is 19.7. The summed E-state index contributed by atoms with van der Waals surface area (Å²) < 4.78 is 22.0. The molecule has 1 amide bonds. The number of nitrogens with zero attached hydrogens (tertiary/aromatic N) is 3. The summed E-state index contributed by atoms with van der Waals surface area (Å²) in [7, 11) is 4.64. The summed E-state index contributed by atoms with van der Waals surface area (Å²) in [5.74, 6) is 2.02. The van der Waals surface area contributed by atoms with Crippen LogP contribution in [0.25, 0.3) is 11.5 Å². The number of para-hydroxylation sites is 1. The molecule has 1 saturated carbocycles. The van der Waals surface area contributed by atoms with Gasteiger partial charge in [-0.2, -0.15) is 0 Å². The SMILES string of the molecule is COc1cc(-c2nnc(SCC(=O)N(c3ccccc3)C3CCCCC3)o2)cc(OC)c1OC. The van der Waals surface area contributed by atoms with Gasteiger partial charge in [0.2, 0.25) is 17.5 Å². The lowest BCUT2D eigenvalue weighted by Crippen LogP contribution is -2.42. The van der Waals surface area contributed by atoms with Crippen LogP contribution in [0.4, 0.5) is 5.69 Å². The molecule has 1 aliphatic carbocycles. The number of rotatable bonds is 9. The smallest absolute Gasteiger partial charge is 0.277 e. The van der Waals surface area contributed by atoms with Crippen LogP contribution in [0.2, 0.25) is 0 Å². The van der Waals surface area contributed by atoms with Crippen molar-refractivity contribution in [3.05, 3.63) is 42.5 Å². The van der Waals surface area contributed by atoms with Gasteiger partial charge >= 0.3 is 0 Å². The average Bonchev–Trinajstić information content (AvgIpc) is 3.37.